The Hall–Kier alpha value is -2.91. The van der Waals surface area contributed by atoms with E-state index in [1.54, 1.807) is 49.3 Å². The van der Waals surface area contributed by atoms with E-state index in [4.69, 9.17) is 10.5 Å². The standard InChI is InChI=1S/C26H33F2N3O3S/c1-18-24(17-22(29)15-19-13-20(27)16-21(28)14-19)30(25(32)34-26(2,3)4)11-12-31(18)35(5,33)23-9-7-6-8-10-23/h6-10,13-14,16,22,24H,1,5,11-12,15,17,29H2,2-4H3/t22?,24-,35?/m0/s1. The van der Waals surface area contributed by atoms with Crippen LogP contribution in [-0.4, -0.2) is 56.2 Å². The highest BCUT2D eigenvalue weighted by molar-refractivity contribution is 7.98. The predicted octanol–water partition coefficient (Wildman–Crippen LogP) is 4.35. The third kappa shape index (κ3) is 6.61. The van der Waals surface area contributed by atoms with E-state index < -0.39 is 45.1 Å². The van der Waals surface area contributed by atoms with Gasteiger partial charge in [0.15, 0.2) is 0 Å². The molecule has 2 unspecified atom stereocenters. The van der Waals surface area contributed by atoms with E-state index in [1.165, 1.54) is 17.0 Å². The van der Waals surface area contributed by atoms with Crippen molar-refractivity contribution in [2.75, 3.05) is 13.1 Å². The number of nitrogens with two attached hydrogens (primary N) is 1. The number of amides is 1. The maximum Gasteiger partial charge on any atom is 0.410 e. The van der Waals surface area contributed by atoms with Crippen molar-refractivity contribution in [2.45, 2.75) is 56.2 Å². The zero-order valence-electron chi connectivity index (χ0n) is 20.4. The van der Waals surface area contributed by atoms with Gasteiger partial charge in [0.1, 0.15) is 17.2 Å². The number of rotatable bonds is 6. The highest BCUT2D eigenvalue weighted by Crippen LogP contribution is 2.30. The van der Waals surface area contributed by atoms with Crippen molar-refractivity contribution < 1.29 is 22.5 Å². The summed E-state index contributed by atoms with van der Waals surface area (Å²) >= 11 is 0. The molecule has 0 aromatic heterocycles. The molecule has 0 bridgehead atoms. The largest absolute Gasteiger partial charge is 0.444 e. The Kier molecular flexibility index (Phi) is 7.91. The minimum absolute atomic E-state index is 0.180. The van der Waals surface area contributed by atoms with Gasteiger partial charge in [-0.1, -0.05) is 24.8 Å². The first-order valence-corrected chi connectivity index (χ1v) is 13.1. The number of hydrogen-bond acceptors (Lipinski definition) is 4. The minimum atomic E-state index is -2.92. The van der Waals surface area contributed by atoms with Crippen LogP contribution in [0.1, 0.15) is 32.8 Å². The van der Waals surface area contributed by atoms with Crippen molar-refractivity contribution in [3.05, 3.63) is 78.0 Å². The van der Waals surface area contributed by atoms with Gasteiger partial charge in [-0.25, -0.2) is 17.8 Å². The van der Waals surface area contributed by atoms with Crippen LogP contribution < -0.4 is 5.73 Å². The molecule has 0 radical (unpaired) electrons. The van der Waals surface area contributed by atoms with E-state index >= 15 is 0 Å². The lowest BCUT2D eigenvalue weighted by Gasteiger charge is -2.45. The lowest BCUT2D eigenvalue weighted by Crippen LogP contribution is -2.56. The van der Waals surface area contributed by atoms with Gasteiger partial charge in [0.05, 0.1) is 15.7 Å². The monoisotopic (exact) mass is 505 g/mol. The number of halogens is 2. The van der Waals surface area contributed by atoms with Gasteiger partial charge in [-0.3, -0.25) is 9.21 Å². The maximum atomic E-state index is 13.8. The van der Waals surface area contributed by atoms with Crippen molar-refractivity contribution in [3.63, 3.8) is 0 Å². The summed E-state index contributed by atoms with van der Waals surface area (Å²) < 4.78 is 48.3. The van der Waals surface area contributed by atoms with Gasteiger partial charge in [0, 0.05) is 35.8 Å². The average Bonchev–Trinajstić information content (AvgIpc) is 2.73. The fourth-order valence-electron chi connectivity index (χ4n) is 4.15. The fourth-order valence-corrected chi connectivity index (χ4v) is 5.86. The summed E-state index contributed by atoms with van der Waals surface area (Å²) in [5, 5.41) is 0. The summed E-state index contributed by atoms with van der Waals surface area (Å²) in [4.78, 5) is 15.1. The molecule has 1 aliphatic rings. The van der Waals surface area contributed by atoms with Crippen LogP contribution in [0.3, 0.4) is 0 Å². The van der Waals surface area contributed by atoms with Crippen LogP contribution in [0.4, 0.5) is 13.6 Å². The van der Waals surface area contributed by atoms with Gasteiger partial charge < -0.3 is 10.5 Å². The summed E-state index contributed by atoms with van der Waals surface area (Å²) in [5.74, 6) is 2.62. The number of carbonyl (C=O) groups is 1. The molecule has 1 aliphatic heterocycles. The van der Waals surface area contributed by atoms with Crippen LogP contribution in [0.5, 0.6) is 0 Å². The van der Waals surface area contributed by atoms with E-state index in [0.717, 1.165) is 6.07 Å². The summed E-state index contributed by atoms with van der Waals surface area (Å²) in [6, 6.07) is 10.9. The lowest BCUT2D eigenvalue weighted by molar-refractivity contribution is 0.0112. The average molecular weight is 506 g/mol. The number of nitrogens with zero attached hydrogens (tertiary/aromatic N) is 2. The lowest BCUT2D eigenvalue weighted by atomic mass is 9.96. The Bertz CT molecular complexity index is 1160. The van der Waals surface area contributed by atoms with E-state index in [0.29, 0.717) is 16.2 Å². The van der Waals surface area contributed by atoms with Gasteiger partial charge in [0.25, 0.3) is 0 Å². The number of hydrogen-bond donors (Lipinski definition) is 1. The molecule has 0 spiro atoms. The molecule has 3 rings (SSSR count). The third-order valence-corrected chi connectivity index (χ3v) is 7.80. The Morgan fingerprint density at radius 3 is 2.34 bits per heavy atom. The zero-order valence-corrected chi connectivity index (χ0v) is 21.2. The van der Waals surface area contributed by atoms with E-state index in [2.05, 4.69) is 12.4 Å². The number of ether oxygens (including phenoxy) is 1. The summed E-state index contributed by atoms with van der Waals surface area (Å²) in [6.45, 7) is 9.95. The smallest absolute Gasteiger partial charge is 0.410 e. The van der Waals surface area contributed by atoms with Crippen LogP contribution in [0, 0.1) is 11.6 Å². The van der Waals surface area contributed by atoms with Crippen LogP contribution in [0.25, 0.3) is 0 Å². The van der Waals surface area contributed by atoms with Crippen molar-refractivity contribution >= 4 is 21.7 Å². The van der Waals surface area contributed by atoms with Crippen LogP contribution >= 0.6 is 0 Å². The molecule has 9 heteroatoms. The molecule has 1 fully saturated rings. The minimum Gasteiger partial charge on any atom is -0.444 e. The molecule has 0 saturated carbocycles. The van der Waals surface area contributed by atoms with Gasteiger partial charge in [-0.05, 0) is 69.3 Å². The maximum absolute atomic E-state index is 13.8. The highest BCUT2D eigenvalue weighted by Gasteiger charge is 2.39. The normalized spacial score (nSPS) is 19.3. The van der Waals surface area contributed by atoms with Gasteiger partial charge in [-0.2, -0.15) is 0 Å². The van der Waals surface area contributed by atoms with Gasteiger partial charge in [0.2, 0.25) is 0 Å². The first kappa shape index (κ1) is 26.7. The molecule has 35 heavy (non-hydrogen) atoms. The molecule has 3 atom stereocenters. The Morgan fingerprint density at radius 1 is 1.17 bits per heavy atom. The molecular formula is C26H33F2N3O3S. The molecule has 6 nitrogen and oxygen atoms in total. The predicted molar refractivity (Wildman–Crippen MR) is 135 cm³/mol. The zero-order chi connectivity index (χ0) is 26.0. The second-order valence-corrected chi connectivity index (χ2v) is 11.9. The molecule has 1 heterocycles. The van der Waals surface area contributed by atoms with Crippen LogP contribution in [0.2, 0.25) is 0 Å². The molecule has 1 saturated heterocycles. The van der Waals surface area contributed by atoms with Gasteiger partial charge >= 0.3 is 6.09 Å². The second kappa shape index (κ2) is 10.4. The molecular weight excluding hydrogens is 472 g/mol. The van der Waals surface area contributed by atoms with E-state index in [1.807, 2.05) is 6.07 Å². The first-order chi connectivity index (χ1) is 16.3. The fraction of sp³-hybridized carbons (Fsp3) is 0.385. The molecule has 2 N–H and O–H groups in total. The number of piperazine rings is 1. The van der Waals surface area contributed by atoms with Gasteiger partial charge in [-0.15, -0.1) is 0 Å². The van der Waals surface area contributed by atoms with Crippen molar-refractivity contribution in [3.8, 4) is 0 Å². The topological polar surface area (TPSA) is 75.9 Å². The molecule has 190 valence electrons. The van der Waals surface area contributed by atoms with Crippen LogP contribution in [0.15, 0.2) is 65.7 Å². The number of carbonyl (C=O) groups excluding carboxylic acids is 1. The Morgan fingerprint density at radius 2 is 1.77 bits per heavy atom. The Labute approximate surface area is 206 Å². The summed E-state index contributed by atoms with van der Waals surface area (Å²) in [7, 11) is -2.92. The van der Waals surface area contributed by atoms with E-state index in [9.17, 15) is 17.8 Å². The molecule has 0 aliphatic carbocycles. The Balaban J connectivity index is 1.88. The highest BCUT2D eigenvalue weighted by atomic mass is 32.2. The molecule has 2 aromatic carbocycles. The van der Waals surface area contributed by atoms with Crippen molar-refractivity contribution in [1.82, 2.24) is 9.21 Å². The van der Waals surface area contributed by atoms with Crippen LogP contribution in [-0.2, 0) is 20.9 Å². The third-order valence-electron chi connectivity index (χ3n) is 5.67. The number of benzene rings is 2. The van der Waals surface area contributed by atoms with Crippen molar-refractivity contribution in [2.24, 2.45) is 5.73 Å². The first-order valence-electron chi connectivity index (χ1n) is 11.4. The summed E-state index contributed by atoms with van der Waals surface area (Å²) in [6.07, 6.45) is -0.140. The second-order valence-electron chi connectivity index (χ2n) is 9.71. The summed E-state index contributed by atoms with van der Waals surface area (Å²) in [5.41, 5.74) is 6.49. The molecule has 2 aromatic rings. The quantitative estimate of drug-likeness (QED) is 0.593. The van der Waals surface area contributed by atoms with Crippen molar-refractivity contribution in [1.29, 1.82) is 0 Å². The van der Waals surface area contributed by atoms with E-state index in [-0.39, 0.29) is 25.9 Å². The molecule has 1 amide bonds. The SMILES string of the molecule is C=C1[C@H](CC(N)Cc2cc(F)cc(F)c2)N(C(=O)OC(C)(C)C)CCN1S(=C)(=O)c1ccccc1.